The van der Waals surface area contributed by atoms with Gasteiger partial charge in [-0.3, -0.25) is 4.79 Å². The largest absolute Gasteiger partial charge is 0.478 e. The Morgan fingerprint density at radius 1 is 1.24 bits per heavy atom. The van der Waals surface area contributed by atoms with Crippen molar-refractivity contribution in [2.45, 2.75) is 26.3 Å². The lowest BCUT2D eigenvalue weighted by Crippen LogP contribution is -2.43. The van der Waals surface area contributed by atoms with Crippen LogP contribution in [-0.4, -0.2) is 41.6 Å². The van der Waals surface area contributed by atoms with Gasteiger partial charge in [-0.15, -0.1) is 0 Å². The number of carbonyl (C=O) groups is 2. The molecule has 3 rings (SSSR count). The van der Waals surface area contributed by atoms with E-state index in [1.54, 1.807) is 24.0 Å². The minimum atomic E-state index is -1.05. The third-order valence-corrected chi connectivity index (χ3v) is 4.32. The first-order valence-corrected chi connectivity index (χ1v) is 8.32. The highest BCUT2D eigenvalue weighted by Crippen LogP contribution is 2.28. The predicted molar refractivity (Wildman–Crippen MR) is 90.8 cm³/mol. The van der Waals surface area contributed by atoms with E-state index in [9.17, 15) is 14.7 Å². The van der Waals surface area contributed by atoms with E-state index in [4.69, 9.17) is 9.15 Å². The Morgan fingerprint density at radius 2 is 2.00 bits per heavy atom. The average molecular weight is 343 g/mol. The molecular weight excluding hydrogens is 322 g/mol. The van der Waals surface area contributed by atoms with Crippen molar-refractivity contribution < 1.29 is 23.8 Å². The zero-order valence-electron chi connectivity index (χ0n) is 14.3. The zero-order valence-corrected chi connectivity index (χ0v) is 14.3. The van der Waals surface area contributed by atoms with Gasteiger partial charge >= 0.3 is 5.97 Å². The third-order valence-electron chi connectivity index (χ3n) is 4.32. The number of carboxylic acids is 1. The molecular formula is C19H21NO5. The first kappa shape index (κ1) is 17.2. The van der Waals surface area contributed by atoms with Crippen LogP contribution in [0.4, 0.5) is 0 Å². The lowest BCUT2D eigenvalue weighted by atomic mass is 10.0. The molecule has 1 aromatic carbocycles. The number of rotatable bonds is 4. The van der Waals surface area contributed by atoms with E-state index in [2.05, 4.69) is 0 Å². The molecule has 1 amide bonds. The highest BCUT2D eigenvalue weighted by molar-refractivity contribution is 5.98. The molecule has 1 unspecified atom stereocenters. The Kier molecular flexibility index (Phi) is 4.90. The molecule has 6 heteroatoms. The number of carboxylic acid groups (broad SMARTS) is 1. The predicted octanol–water partition coefficient (Wildman–Crippen LogP) is 3.06. The minimum absolute atomic E-state index is 0.111. The molecule has 1 aliphatic rings. The Bertz CT molecular complexity index is 795. The molecule has 1 aliphatic heterocycles. The molecule has 0 bridgehead atoms. The molecule has 2 heterocycles. The number of hydrogen-bond donors (Lipinski definition) is 1. The summed E-state index contributed by atoms with van der Waals surface area (Å²) in [5.41, 5.74) is 1.21. The van der Waals surface area contributed by atoms with Crippen molar-refractivity contribution in [3.8, 4) is 0 Å². The van der Waals surface area contributed by atoms with Gasteiger partial charge in [0.05, 0.1) is 18.8 Å². The van der Waals surface area contributed by atoms with Crippen LogP contribution in [0.2, 0.25) is 0 Å². The van der Waals surface area contributed by atoms with Gasteiger partial charge in [-0.1, -0.05) is 6.92 Å². The quantitative estimate of drug-likeness (QED) is 0.923. The molecule has 1 saturated heterocycles. The molecule has 0 spiro atoms. The summed E-state index contributed by atoms with van der Waals surface area (Å²) in [4.78, 5) is 26.0. The number of hydrogen-bond acceptors (Lipinski definition) is 4. The number of furan rings is 1. The lowest BCUT2D eigenvalue weighted by Gasteiger charge is -2.34. The first-order valence-electron chi connectivity index (χ1n) is 8.32. The second-order valence-corrected chi connectivity index (χ2v) is 6.14. The Hall–Kier alpha value is -2.60. The van der Waals surface area contributed by atoms with Crippen molar-refractivity contribution in [3.05, 3.63) is 58.5 Å². The van der Waals surface area contributed by atoms with E-state index in [0.717, 1.165) is 17.7 Å². The summed E-state index contributed by atoms with van der Waals surface area (Å²) in [5, 5.41) is 9.23. The van der Waals surface area contributed by atoms with Crippen molar-refractivity contribution in [2.75, 3.05) is 19.8 Å². The molecule has 132 valence electrons. The fraction of sp³-hybridized carbons (Fsp3) is 0.368. The van der Waals surface area contributed by atoms with Gasteiger partial charge in [-0.05, 0) is 42.8 Å². The summed E-state index contributed by atoms with van der Waals surface area (Å²) in [6.07, 6.45) is 0.779. The van der Waals surface area contributed by atoms with E-state index >= 15 is 0 Å². The molecule has 1 aromatic heterocycles. The number of morpholine rings is 1. The van der Waals surface area contributed by atoms with Gasteiger partial charge in [-0.2, -0.15) is 0 Å². The summed E-state index contributed by atoms with van der Waals surface area (Å²) in [6.45, 7) is 5.02. The molecule has 0 saturated carbocycles. The number of aryl methyl sites for hydroxylation is 2. The SMILES string of the molecule is CCc1ccc(C2COCCN2C(=O)c2cc(C)cc(C(=O)O)c2)o1. The van der Waals surface area contributed by atoms with E-state index in [1.807, 2.05) is 19.1 Å². The number of aromatic carboxylic acids is 1. The summed E-state index contributed by atoms with van der Waals surface area (Å²) < 4.78 is 11.3. The van der Waals surface area contributed by atoms with Gasteiger partial charge in [0, 0.05) is 18.5 Å². The van der Waals surface area contributed by atoms with Gasteiger partial charge < -0.3 is 19.2 Å². The standard InChI is InChI=1S/C19H21NO5/c1-3-15-4-5-17(25-15)16-11-24-7-6-20(16)18(21)13-8-12(2)9-14(10-13)19(22)23/h4-5,8-10,16H,3,6-7,11H2,1-2H3,(H,22,23). The van der Waals surface area contributed by atoms with Crippen LogP contribution in [0.25, 0.3) is 0 Å². The number of carbonyl (C=O) groups excluding carboxylic acids is 1. The number of amides is 1. The van der Waals surface area contributed by atoms with Gasteiger partial charge in [-0.25, -0.2) is 4.79 Å². The number of ether oxygens (including phenoxy) is 1. The fourth-order valence-electron chi connectivity index (χ4n) is 3.04. The maximum Gasteiger partial charge on any atom is 0.335 e. The third kappa shape index (κ3) is 3.58. The Balaban J connectivity index is 1.92. The summed E-state index contributed by atoms with van der Waals surface area (Å²) >= 11 is 0. The maximum atomic E-state index is 13.0. The van der Waals surface area contributed by atoms with Crippen LogP contribution >= 0.6 is 0 Å². The highest BCUT2D eigenvalue weighted by atomic mass is 16.5. The maximum absolute atomic E-state index is 13.0. The minimum Gasteiger partial charge on any atom is -0.478 e. The summed E-state index contributed by atoms with van der Waals surface area (Å²) in [6, 6.07) is 8.15. The van der Waals surface area contributed by atoms with Crippen LogP contribution in [0.1, 0.15) is 50.8 Å². The Labute approximate surface area is 146 Å². The molecule has 6 nitrogen and oxygen atoms in total. The fourth-order valence-corrected chi connectivity index (χ4v) is 3.04. The van der Waals surface area contributed by atoms with Crippen LogP contribution in [0.5, 0.6) is 0 Å². The first-order chi connectivity index (χ1) is 12.0. The number of nitrogens with zero attached hydrogens (tertiary/aromatic N) is 1. The summed E-state index contributed by atoms with van der Waals surface area (Å²) in [7, 11) is 0. The van der Waals surface area contributed by atoms with E-state index in [0.29, 0.717) is 31.1 Å². The second kappa shape index (κ2) is 7.11. The summed E-state index contributed by atoms with van der Waals surface area (Å²) in [5.74, 6) is 0.288. The topological polar surface area (TPSA) is 80.0 Å². The van der Waals surface area contributed by atoms with Crippen molar-refractivity contribution >= 4 is 11.9 Å². The van der Waals surface area contributed by atoms with Crippen molar-refractivity contribution in [1.29, 1.82) is 0 Å². The molecule has 25 heavy (non-hydrogen) atoms. The smallest absolute Gasteiger partial charge is 0.335 e. The van der Waals surface area contributed by atoms with Crippen LogP contribution in [0, 0.1) is 6.92 Å². The molecule has 1 atom stereocenters. The average Bonchev–Trinajstić information content (AvgIpc) is 3.09. The van der Waals surface area contributed by atoms with Crippen LogP contribution in [0.15, 0.2) is 34.7 Å². The molecule has 2 aromatic rings. The van der Waals surface area contributed by atoms with Crippen LogP contribution in [-0.2, 0) is 11.2 Å². The zero-order chi connectivity index (χ0) is 18.0. The van der Waals surface area contributed by atoms with Gasteiger partial charge in [0.25, 0.3) is 5.91 Å². The van der Waals surface area contributed by atoms with Crippen molar-refractivity contribution in [3.63, 3.8) is 0 Å². The van der Waals surface area contributed by atoms with Gasteiger partial charge in [0.15, 0.2) is 0 Å². The van der Waals surface area contributed by atoms with Crippen molar-refractivity contribution in [2.24, 2.45) is 0 Å². The molecule has 0 aliphatic carbocycles. The van der Waals surface area contributed by atoms with E-state index in [-0.39, 0.29) is 17.5 Å². The van der Waals surface area contributed by atoms with Crippen LogP contribution < -0.4 is 0 Å². The van der Waals surface area contributed by atoms with Gasteiger partial charge in [0.1, 0.15) is 17.6 Å². The normalized spacial score (nSPS) is 17.5. The highest BCUT2D eigenvalue weighted by Gasteiger charge is 2.31. The Morgan fingerprint density at radius 3 is 2.68 bits per heavy atom. The molecule has 1 N–H and O–H groups in total. The molecule has 1 fully saturated rings. The molecule has 0 radical (unpaired) electrons. The second-order valence-electron chi connectivity index (χ2n) is 6.14. The van der Waals surface area contributed by atoms with E-state index in [1.165, 1.54) is 6.07 Å². The monoisotopic (exact) mass is 343 g/mol. The number of benzene rings is 1. The lowest BCUT2D eigenvalue weighted by molar-refractivity contribution is -0.00901. The van der Waals surface area contributed by atoms with Gasteiger partial charge in [0.2, 0.25) is 0 Å². The van der Waals surface area contributed by atoms with E-state index < -0.39 is 5.97 Å². The van der Waals surface area contributed by atoms with Crippen LogP contribution in [0.3, 0.4) is 0 Å². The van der Waals surface area contributed by atoms with Crippen molar-refractivity contribution in [1.82, 2.24) is 4.90 Å².